The van der Waals surface area contributed by atoms with E-state index in [1.807, 2.05) is 12.1 Å². The van der Waals surface area contributed by atoms with Crippen LogP contribution in [0.15, 0.2) is 42.5 Å². The van der Waals surface area contributed by atoms with Crippen molar-refractivity contribution in [1.82, 2.24) is 0 Å². The second-order valence-electron chi connectivity index (χ2n) is 7.71. The van der Waals surface area contributed by atoms with Crippen molar-refractivity contribution in [1.29, 1.82) is 0 Å². The molecular weight excluding hydrogens is 412 g/mol. The molecule has 2 amide bonds. The summed E-state index contributed by atoms with van der Waals surface area (Å²) in [6.07, 6.45) is 1.80. The number of hydrogen-bond donors (Lipinski definition) is 1. The number of rotatable bonds is 8. The number of anilines is 2. The lowest BCUT2D eigenvalue weighted by Crippen LogP contribution is -2.48. The van der Waals surface area contributed by atoms with Crippen molar-refractivity contribution in [2.24, 2.45) is 5.92 Å². The van der Waals surface area contributed by atoms with E-state index in [0.29, 0.717) is 39.9 Å². The van der Waals surface area contributed by atoms with Crippen LogP contribution in [-0.4, -0.2) is 40.3 Å². The minimum Gasteiger partial charge on any atom is -0.495 e. The third-order valence-corrected chi connectivity index (χ3v) is 5.75. The van der Waals surface area contributed by atoms with Crippen LogP contribution in [0.2, 0.25) is 0 Å². The molecule has 8 heteroatoms. The van der Waals surface area contributed by atoms with E-state index >= 15 is 0 Å². The van der Waals surface area contributed by atoms with Crippen LogP contribution in [0.5, 0.6) is 23.0 Å². The van der Waals surface area contributed by atoms with Crippen molar-refractivity contribution in [3.8, 4) is 23.0 Å². The van der Waals surface area contributed by atoms with Gasteiger partial charge in [0, 0.05) is 23.6 Å². The van der Waals surface area contributed by atoms with Gasteiger partial charge in [0.15, 0.2) is 11.5 Å². The number of nitrogens with zero attached hydrogens (tertiary/aromatic N) is 1. The van der Waals surface area contributed by atoms with E-state index in [1.54, 1.807) is 30.2 Å². The van der Waals surface area contributed by atoms with Gasteiger partial charge in [-0.25, -0.2) is 0 Å². The molecule has 1 N–H and O–H groups in total. The normalized spacial score (nSPS) is 17.5. The zero-order valence-corrected chi connectivity index (χ0v) is 18.6. The van der Waals surface area contributed by atoms with E-state index in [0.717, 1.165) is 18.4 Å². The Labute approximate surface area is 186 Å². The molecule has 168 valence electrons. The molecule has 0 aromatic heterocycles. The van der Waals surface area contributed by atoms with Crippen LogP contribution in [0, 0.1) is 5.92 Å². The third-order valence-electron chi connectivity index (χ3n) is 5.75. The summed E-state index contributed by atoms with van der Waals surface area (Å²) >= 11 is 0. The standard InChI is InChI=1S/C24H26N2O6/c1-13-21(15-8-9-18(29-2)17(10-15)25-23(27)14-6-7-14)26(24(13)28)16-11-19(30-3)22(32-5)20(12-16)31-4/h8-12,14,21H,1,6-7H2,2-5H3,(H,25,27). The molecule has 1 atom stereocenters. The average Bonchev–Trinajstić information content (AvgIpc) is 3.66. The summed E-state index contributed by atoms with van der Waals surface area (Å²) in [5, 5.41) is 2.95. The molecule has 2 aliphatic rings. The average molecular weight is 438 g/mol. The van der Waals surface area contributed by atoms with Crippen molar-refractivity contribution in [3.63, 3.8) is 0 Å². The van der Waals surface area contributed by atoms with Gasteiger partial charge in [0.25, 0.3) is 5.91 Å². The maximum Gasteiger partial charge on any atom is 0.256 e. The smallest absolute Gasteiger partial charge is 0.256 e. The van der Waals surface area contributed by atoms with E-state index in [4.69, 9.17) is 18.9 Å². The molecule has 1 saturated carbocycles. The van der Waals surface area contributed by atoms with Gasteiger partial charge in [0.05, 0.1) is 45.9 Å². The number of benzene rings is 2. The highest BCUT2D eigenvalue weighted by Gasteiger charge is 2.43. The van der Waals surface area contributed by atoms with E-state index in [-0.39, 0.29) is 17.7 Å². The van der Waals surface area contributed by atoms with E-state index in [2.05, 4.69) is 11.9 Å². The van der Waals surface area contributed by atoms with Crippen molar-refractivity contribution >= 4 is 23.2 Å². The molecule has 4 rings (SSSR count). The van der Waals surface area contributed by atoms with Crippen LogP contribution in [0.1, 0.15) is 24.4 Å². The molecule has 2 aromatic carbocycles. The van der Waals surface area contributed by atoms with Crippen molar-refractivity contribution in [2.45, 2.75) is 18.9 Å². The fourth-order valence-electron chi connectivity index (χ4n) is 3.88. The predicted molar refractivity (Wildman–Crippen MR) is 120 cm³/mol. The number of β-lactam (4-membered cyclic amide) rings is 1. The van der Waals surface area contributed by atoms with E-state index in [1.165, 1.54) is 21.3 Å². The van der Waals surface area contributed by atoms with Crippen molar-refractivity contribution < 1.29 is 28.5 Å². The molecule has 0 radical (unpaired) electrons. The minimum atomic E-state index is -0.409. The van der Waals surface area contributed by atoms with Gasteiger partial charge < -0.3 is 24.3 Å². The Morgan fingerprint density at radius 1 is 0.969 bits per heavy atom. The quantitative estimate of drug-likeness (QED) is 0.500. The third kappa shape index (κ3) is 3.62. The summed E-state index contributed by atoms with van der Waals surface area (Å²) in [6, 6.07) is 8.50. The number of nitrogens with one attached hydrogen (secondary N) is 1. The van der Waals surface area contributed by atoms with Crippen molar-refractivity contribution in [2.75, 3.05) is 38.7 Å². The van der Waals surface area contributed by atoms with Crippen LogP contribution in [0.4, 0.5) is 11.4 Å². The van der Waals surface area contributed by atoms with Crippen molar-refractivity contribution in [3.05, 3.63) is 48.0 Å². The van der Waals surface area contributed by atoms with E-state index < -0.39 is 6.04 Å². The van der Waals surface area contributed by atoms with Gasteiger partial charge >= 0.3 is 0 Å². The molecule has 1 unspecified atom stereocenters. The van der Waals surface area contributed by atoms with Crippen LogP contribution in [0.3, 0.4) is 0 Å². The Balaban J connectivity index is 1.71. The molecular formula is C24H26N2O6. The van der Waals surface area contributed by atoms with Gasteiger partial charge in [-0.15, -0.1) is 0 Å². The summed E-state index contributed by atoms with van der Waals surface area (Å²) in [4.78, 5) is 26.7. The van der Waals surface area contributed by atoms with Crippen LogP contribution >= 0.6 is 0 Å². The molecule has 2 aromatic rings. The monoisotopic (exact) mass is 438 g/mol. The Kier molecular flexibility index (Phi) is 5.69. The molecule has 2 fully saturated rings. The SMILES string of the molecule is C=C1C(=O)N(c2cc(OC)c(OC)c(OC)c2)C1c1ccc(OC)c(NC(=O)C2CC2)c1. The Morgan fingerprint density at radius 2 is 1.59 bits per heavy atom. The number of methoxy groups -OCH3 is 4. The first-order valence-electron chi connectivity index (χ1n) is 10.2. The Bertz CT molecular complexity index is 1070. The molecule has 8 nitrogen and oxygen atoms in total. The zero-order valence-electron chi connectivity index (χ0n) is 18.6. The summed E-state index contributed by atoms with van der Waals surface area (Å²) in [6.45, 7) is 3.97. The zero-order chi connectivity index (χ0) is 23.0. The second kappa shape index (κ2) is 8.45. The Morgan fingerprint density at radius 3 is 2.12 bits per heavy atom. The minimum absolute atomic E-state index is 0.0227. The number of carbonyl (C=O) groups excluding carboxylic acids is 2. The second-order valence-corrected chi connectivity index (χ2v) is 7.71. The lowest BCUT2D eigenvalue weighted by atomic mass is 9.88. The lowest BCUT2D eigenvalue weighted by molar-refractivity contribution is -0.119. The fourth-order valence-corrected chi connectivity index (χ4v) is 3.88. The van der Waals surface area contributed by atoms with E-state index in [9.17, 15) is 9.59 Å². The molecule has 1 aliphatic heterocycles. The largest absolute Gasteiger partial charge is 0.495 e. The van der Waals surface area contributed by atoms with Crippen LogP contribution < -0.4 is 29.2 Å². The number of carbonyl (C=O) groups is 2. The molecule has 1 heterocycles. The number of hydrogen-bond acceptors (Lipinski definition) is 6. The number of ether oxygens (including phenoxy) is 4. The Hall–Kier alpha value is -3.68. The lowest BCUT2D eigenvalue weighted by Gasteiger charge is -2.43. The maximum atomic E-state index is 12.8. The summed E-state index contributed by atoms with van der Waals surface area (Å²) < 4.78 is 21.7. The number of amides is 2. The van der Waals surface area contributed by atoms with Crippen LogP contribution in [-0.2, 0) is 9.59 Å². The first-order valence-corrected chi connectivity index (χ1v) is 10.2. The predicted octanol–water partition coefficient (Wildman–Crippen LogP) is 3.71. The first kappa shape index (κ1) is 21.5. The summed E-state index contributed by atoms with van der Waals surface area (Å²) in [5.41, 5.74) is 2.40. The van der Waals surface area contributed by atoms with Gasteiger partial charge in [-0.1, -0.05) is 12.6 Å². The topological polar surface area (TPSA) is 86.3 Å². The van der Waals surface area contributed by atoms with Gasteiger partial charge in [-0.05, 0) is 30.5 Å². The van der Waals surface area contributed by atoms with Gasteiger partial charge in [0.2, 0.25) is 11.7 Å². The highest BCUT2D eigenvalue weighted by atomic mass is 16.5. The highest BCUT2D eigenvalue weighted by Crippen LogP contribution is 2.48. The first-order chi connectivity index (χ1) is 15.4. The molecule has 0 bridgehead atoms. The molecule has 32 heavy (non-hydrogen) atoms. The maximum absolute atomic E-state index is 12.8. The van der Waals surface area contributed by atoms with Crippen LogP contribution in [0.25, 0.3) is 0 Å². The van der Waals surface area contributed by atoms with Gasteiger partial charge in [0.1, 0.15) is 5.75 Å². The summed E-state index contributed by atoms with van der Waals surface area (Å²) in [5.74, 6) is 1.71. The molecule has 1 aliphatic carbocycles. The van der Waals surface area contributed by atoms with Gasteiger partial charge in [-0.2, -0.15) is 0 Å². The fraction of sp³-hybridized carbons (Fsp3) is 0.333. The summed E-state index contributed by atoms with van der Waals surface area (Å²) in [7, 11) is 6.12. The molecule has 1 saturated heterocycles. The molecule has 0 spiro atoms. The van der Waals surface area contributed by atoms with Gasteiger partial charge in [-0.3, -0.25) is 14.5 Å². The highest BCUT2D eigenvalue weighted by molar-refractivity contribution is 6.15.